The van der Waals surface area contributed by atoms with E-state index in [1.807, 2.05) is 61.5 Å². The predicted molar refractivity (Wildman–Crippen MR) is 102 cm³/mol. The molecule has 116 valence electrons. The zero-order valence-electron chi connectivity index (χ0n) is 13.4. The molecule has 0 aliphatic carbocycles. The van der Waals surface area contributed by atoms with E-state index in [0.29, 0.717) is 0 Å². The number of anilines is 1. The first-order valence-electron chi connectivity index (χ1n) is 7.96. The van der Waals surface area contributed by atoms with Crippen molar-refractivity contribution in [2.45, 2.75) is 6.92 Å². The van der Waals surface area contributed by atoms with E-state index in [-0.39, 0.29) is 0 Å². The van der Waals surface area contributed by atoms with Crippen LogP contribution >= 0.6 is 0 Å². The Morgan fingerprint density at radius 1 is 0.750 bits per heavy atom. The van der Waals surface area contributed by atoms with Crippen LogP contribution < -0.4 is 5.43 Å². The van der Waals surface area contributed by atoms with E-state index in [0.717, 1.165) is 38.8 Å². The SMILES string of the molecule is C/C(=N/Nc1c2ccccc2nc2ccccc12)c1ccccc1. The van der Waals surface area contributed by atoms with Gasteiger partial charge in [-0.3, -0.25) is 5.43 Å². The summed E-state index contributed by atoms with van der Waals surface area (Å²) in [6.45, 7) is 2.01. The Morgan fingerprint density at radius 3 is 1.92 bits per heavy atom. The molecule has 4 rings (SSSR count). The standard InChI is InChI=1S/C21H17N3/c1-15(16-9-3-2-4-10-16)23-24-21-17-11-5-7-13-19(17)22-20-14-8-6-12-18(20)21/h2-14H,1H3,(H,22,24)/b23-15-. The average Bonchev–Trinajstić information content (AvgIpc) is 2.65. The maximum Gasteiger partial charge on any atom is 0.0749 e. The molecule has 4 aromatic rings. The van der Waals surface area contributed by atoms with Crippen LogP contribution in [0.1, 0.15) is 12.5 Å². The van der Waals surface area contributed by atoms with E-state index in [2.05, 4.69) is 34.8 Å². The molecule has 3 nitrogen and oxygen atoms in total. The van der Waals surface area contributed by atoms with Crippen LogP contribution in [0, 0.1) is 0 Å². The number of pyridine rings is 1. The van der Waals surface area contributed by atoms with Gasteiger partial charge in [0.25, 0.3) is 0 Å². The highest BCUT2D eigenvalue weighted by Gasteiger charge is 2.08. The van der Waals surface area contributed by atoms with Crippen LogP contribution in [0.15, 0.2) is 84.0 Å². The van der Waals surface area contributed by atoms with Gasteiger partial charge in [0.1, 0.15) is 0 Å². The largest absolute Gasteiger partial charge is 0.277 e. The average molecular weight is 311 g/mol. The van der Waals surface area contributed by atoms with E-state index < -0.39 is 0 Å². The molecule has 0 aliphatic rings. The Balaban J connectivity index is 1.85. The summed E-state index contributed by atoms with van der Waals surface area (Å²) in [4.78, 5) is 4.74. The number of hydrogen-bond donors (Lipinski definition) is 1. The van der Waals surface area contributed by atoms with Crippen molar-refractivity contribution in [1.29, 1.82) is 0 Å². The van der Waals surface area contributed by atoms with E-state index in [1.165, 1.54) is 0 Å². The number of hydrogen-bond acceptors (Lipinski definition) is 3. The van der Waals surface area contributed by atoms with Crippen molar-refractivity contribution in [2.24, 2.45) is 5.10 Å². The minimum atomic E-state index is 0.945. The fourth-order valence-corrected chi connectivity index (χ4v) is 2.84. The second kappa shape index (κ2) is 6.13. The fraction of sp³-hybridized carbons (Fsp3) is 0.0476. The molecule has 1 aromatic heterocycles. The Morgan fingerprint density at radius 2 is 1.29 bits per heavy atom. The molecule has 0 unspecified atom stereocenters. The Kier molecular flexibility index (Phi) is 3.67. The second-order valence-corrected chi connectivity index (χ2v) is 5.70. The number of rotatable bonds is 3. The monoisotopic (exact) mass is 311 g/mol. The van der Waals surface area contributed by atoms with Crippen LogP contribution in [0.5, 0.6) is 0 Å². The van der Waals surface area contributed by atoms with Gasteiger partial charge < -0.3 is 0 Å². The van der Waals surface area contributed by atoms with Gasteiger partial charge in [-0.15, -0.1) is 0 Å². The van der Waals surface area contributed by atoms with Crippen LogP contribution in [-0.2, 0) is 0 Å². The molecule has 3 aromatic carbocycles. The van der Waals surface area contributed by atoms with E-state index in [1.54, 1.807) is 0 Å². The van der Waals surface area contributed by atoms with Crippen LogP contribution in [-0.4, -0.2) is 10.7 Å². The lowest BCUT2D eigenvalue weighted by Gasteiger charge is -2.11. The number of fused-ring (bicyclic) bond motifs is 2. The van der Waals surface area contributed by atoms with Gasteiger partial charge in [0, 0.05) is 10.8 Å². The number of hydrazone groups is 1. The van der Waals surface area contributed by atoms with Crippen molar-refractivity contribution < 1.29 is 0 Å². The zero-order chi connectivity index (χ0) is 16.4. The molecule has 0 amide bonds. The first-order valence-corrected chi connectivity index (χ1v) is 7.96. The molecule has 0 radical (unpaired) electrons. The molecule has 0 fully saturated rings. The molecule has 1 N–H and O–H groups in total. The highest BCUT2D eigenvalue weighted by Crippen LogP contribution is 2.30. The molecule has 0 saturated heterocycles. The Bertz CT molecular complexity index is 983. The van der Waals surface area contributed by atoms with Gasteiger partial charge in [0.15, 0.2) is 0 Å². The molecule has 24 heavy (non-hydrogen) atoms. The minimum absolute atomic E-state index is 0.945. The number of nitrogens with one attached hydrogen (secondary N) is 1. The first-order chi connectivity index (χ1) is 11.8. The van der Waals surface area contributed by atoms with Crippen LogP contribution in [0.2, 0.25) is 0 Å². The maximum atomic E-state index is 4.74. The Hall–Kier alpha value is -3.20. The van der Waals surface area contributed by atoms with E-state index in [4.69, 9.17) is 4.98 Å². The number of benzene rings is 3. The highest BCUT2D eigenvalue weighted by molar-refractivity contribution is 6.08. The summed E-state index contributed by atoms with van der Waals surface area (Å²) < 4.78 is 0. The lowest BCUT2D eigenvalue weighted by Crippen LogP contribution is -2.01. The summed E-state index contributed by atoms with van der Waals surface area (Å²) in [6, 6.07) is 26.4. The zero-order valence-corrected chi connectivity index (χ0v) is 13.4. The molecular weight excluding hydrogens is 294 g/mol. The van der Waals surface area contributed by atoms with Crippen molar-refractivity contribution in [2.75, 3.05) is 5.43 Å². The highest BCUT2D eigenvalue weighted by atomic mass is 15.3. The molecule has 0 aliphatic heterocycles. The van der Waals surface area contributed by atoms with Crippen molar-refractivity contribution in [1.82, 2.24) is 4.98 Å². The summed E-state index contributed by atoms with van der Waals surface area (Å²) >= 11 is 0. The first kappa shape index (κ1) is 14.4. The molecule has 0 spiro atoms. The smallest absolute Gasteiger partial charge is 0.0749 e. The predicted octanol–water partition coefficient (Wildman–Crippen LogP) is 5.22. The molecule has 3 heteroatoms. The van der Waals surface area contributed by atoms with Gasteiger partial charge in [-0.25, -0.2) is 4.98 Å². The third-order valence-electron chi connectivity index (χ3n) is 4.11. The number of para-hydroxylation sites is 2. The van der Waals surface area contributed by atoms with Gasteiger partial charge >= 0.3 is 0 Å². The van der Waals surface area contributed by atoms with Gasteiger partial charge in [-0.1, -0.05) is 66.7 Å². The van der Waals surface area contributed by atoms with Gasteiger partial charge in [-0.2, -0.15) is 5.10 Å². The molecule has 0 bridgehead atoms. The second-order valence-electron chi connectivity index (χ2n) is 5.70. The van der Waals surface area contributed by atoms with Crippen molar-refractivity contribution in [3.8, 4) is 0 Å². The summed E-state index contributed by atoms with van der Waals surface area (Å²) in [5.41, 5.74) is 8.25. The van der Waals surface area contributed by atoms with Crippen LogP contribution in [0.3, 0.4) is 0 Å². The van der Waals surface area contributed by atoms with Gasteiger partial charge in [0.2, 0.25) is 0 Å². The van der Waals surface area contributed by atoms with Crippen molar-refractivity contribution >= 4 is 33.2 Å². The lowest BCUT2D eigenvalue weighted by molar-refractivity contribution is 1.33. The Labute approximate surface area is 140 Å². The third kappa shape index (κ3) is 2.61. The fourth-order valence-electron chi connectivity index (χ4n) is 2.84. The lowest BCUT2D eigenvalue weighted by atomic mass is 10.1. The quantitative estimate of drug-likeness (QED) is 0.320. The third-order valence-corrected chi connectivity index (χ3v) is 4.11. The normalized spacial score (nSPS) is 11.8. The summed E-state index contributed by atoms with van der Waals surface area (Å²) in [7, 11) is 0. The van der Waals surface area contributed by atoms with Crippen LogP contribution in [0.4, 0.5) is 5.69 Å². The number of nitrogens with zero attached hydrogens (tertiary/aromatic N) is 2. The summed E-state index contributed by atoms with van der Waals surface area (Å²) in [5.74, 6) is 0. The number of aromatic nitrogens is 1. The van der Waals surface area contributed by atoms with Crippen molar-refractivity contribution in [3.05, 3.63) is 84.4 Å². The van der Waals surface area contributed by atoms with Crippen molar-refractivity contribution in [3.63, 3.8) is 0 Å². The maximum absolute atomic E-state index is 4.74. The van der Waals surface area contributed by atoms with E-state index in [9.17, 15) is 0 Å². The van der Waals surface area contributed by atoms with E-state index >= 15 is 0 Å². The summed E-state index contributed by atoms with van der Waals surface area (Å²) in [5, 5.41) is 6.74. The van der Waals surface area contributed by atoms with Gasteiger partial charge in [-0.05, 0) is 24.6 Å². The van der Waals surface area contributed by atoms with Crippen LogP contribution in [0.25, 0.3) is 21.8 Å². The molecule has 0 atom stereocenters. The molecule has 0 saturated carbocycles. The minimum Gasteiger partial charge on any atom is -0.277 e. The topological polar surface area (TPSA) is 37.3 Å². The molecule has 1 heterocycles. The summed E-state index contributed by atoms with van der Waals surface area (Å²) in [6.07, 6.45) is 0. The van der Waals surface area contributed by atoms with Gasteiger partial charge in [0.05, 0.1) is 22.4 Å². The molecular formula is C21H17N3.